The van der Waals surface area contributed by atoms with Gasteiger partial charge in [-0.05, 0) is 18.4 Å². The molecule has 0 aliphatic rings. The summed E-state index contributed by atoms with van der Waals surface area (Å²) in [5.74, 6) is -0.389. The van der Waals surface area contributed by atoms with Crippen LogP contribution in [0.4, 0.5) is 4.79 Å². The third-order valence-corrected chi connectivity index (χ3v) is 4.03. The summed E-state index contributed by atoms with van der Waals surface area (Å²) < 4.78 is 6.24. The van der Waals surface area contributed by atoms with Gasteiger partial charge < -0.3 is 20.4 Å². The molecule has 0 aliphatic carbocycles. The van der Waals surface area contributed by atoms with Crippen LogP contribution in [-0.4, -0.2) is 41.2 Å². The number of aromatic nitrogens is 2. The predicted molar refractivity (Wildman–Crippen MR) is 89.4 cm³/mol. The van der Waals surface area contributed by atoms with Gasteiger partial charge >= 0.3 is 17.7 Å². The second-order valence-corrected chi connectivity index (χ2v) is 5.70. The summed E-state index contributed by atoms with van der Waals surface area (Å²) >= 11 is 1.25. The third-order valence-electron chi connectivity index (χ3n) is 3.13. The van der Waals surface area contributed by atoms with Crippen molar-refractivity contribution < 1.29 is 14.3 Å². The SMILES string of the molecule is CCOC(=O)CCNC(=O)NCCn1c(=O)[nH]c2ccsc2c1=O. The number of aromatic amines is 1. The number of H-pyrrole nitrogens is 1. The highest BCUT2D eigenvalue weighted by atomic mass is 32.1. The quantitative estimate of drug-likeness (QED) is 0.604. The van der Waals surface area contributed by atoms with Gasteiger partial charge in [0.05, 0.1) is 18.5 Å². The molecule has 9 nitrogen and oxygen atoms in total. The Labute approximate surface area is 140 Å². The molecule has 2 aromatic heterocycles. The molecule has 0 fully saturated rings. The average molecular weight is 354 g/mol. The molecule has 0 radical (unpaired) electrons. The molecule has 3 N–H and O–H groups in total. The van der Waals surface area contributed by atoms with Crippen LogP contribution in [0.15, 0.2) is 21.0 Å². The first kappa shape index (κ1) is 17.7. The number of carbonyl (C=O) groups is 2. The smallest absolute Gasteiger partial charge is 0.328 e. The van der Waals surface area contributed by atoms with E-state index in [4.69, 9.17) is 4.74 Å². The molecule has 2 rings (SSSR count). The molecule has 2 aromatic rings. The highest BCUT2D eigenvalue weighted by Gasteiger charge is 2.09. The molecule has 0 atom stereocenters. The lowest BCUT2D eigenvalue weighted by Gasteiger charge is -2.08. The number of ether oxygens (including phenoxy) is 1. The van der Waals surface area contributed by atoms with Crippen LogP contribution in [0, 0.1) is 0 Å². The number of hydrogen-bond acceptors (Lipinski definition) is 6. The van der Waals surface area contributed by atoms with Crippen LogP contribution in [0.3, 0.4) is 0 Å². The first-order valence-corrected chi connectivity index (χ1v) is 8.28. The van der Waals surface area contributed by atoms with Gasteiger partial charge in [-0.2, -0.15) is 0 Å². The third kappa shape index (κ3) is 4.44. The number of thiophene rings is 1. The fourth-order valence-electron chi connectivity index (χ4n) is 2.03. The number of carbonyl (C=O) groups excluding carboxylic acids is 2. The molecule has 0 spiro atoms. The Morgan fingerprint density at radius 2 is 2.04 bits per heavy atom. The minimum Gasteiger partial charge on any atom is -0.466 e. The molecule has 0 unspecified atom stereocenters. The van der Waals surface area contributed by atoms with Crippen LogP contribution in [-0.2, 0) is 16.1 Å². The normalized spacial score (nSPS) is 10.5. The van der Waals surface area contributed by atoms with Crippen LogP contribution in [0.5, 0.6) is 0 Å². The highest BCUT2D eigenvalue weighted by Crippen LogP contribution is 2.11. The second-order valence-electron chi connectivity index (χ2n) is 4.79. The number of nitrogens with zero attached hydrogens (tertiary/aromatic N) is 1. The predicted octanol–water partition coefficient (Wildman–Crippen LogP) is 0.00370. The molecule has 10 heteroatoms. The first-order valence-electron chi connectivity index (χ1n) is 7.40. The Morgan fingerprint density at radius 1 is 1.29 bits per heavy atom. The summed E-state index contributed by atoms with van der Waals surface area (Å²) in [5, 5.41) is 6.74. The maximum absolute atomic E-state index is 12.2. The van der Waals surface area contributed by atoms with E-state index in [1.54, 1.807) is 18.4 Å². The van der Waals surface area contributed by atoms with Crippen LogP contribution in [0.25, 0.3) is 10.2 Å². The van der Waals surface area contributed by atoms with E-state index < -0.39 is 11.7 Å². The fraction of sp³-hybridized carbons (Fsp3) is 0.429. The van der Waals surface area contributed by atoms with E-state index in [1.165, 1.54) is 11.3 Å². The molecule has 2 heterocycles. The van der Waals surface area contributed by atoms with Crippen molar-refractivity contribution in [3.05, 3.63) is 32.3 Å². The first-order chi connectivity index (χ1) is 11.5. The molecule has 0 aromatic carbocycles. The minimum absolute atomic E-state index is 0.0489. The summed E-state index contributed by atoms with van der Waals surface area (Å²) in [6, 6.07) is 1.18. The van der Waals surface area contributed by atoms with E-state index in [0.717, 1.165) is 4.57 Å². The molecule has 24 heavy (non-hydrogen) atoms. The number of rotatable bonds is 7. The number of urea groups is 1. The van der Waals surface area contributed by atoms with Crippen molar-refractivity contribution in [3.8, 4) is 0 Å². The number of nitrogens with one attached hydrogen (secondary N) is 3. The zero-order chi connectivity index (χ0) is 17.5. The van der Waals surface area contributed by atoms with Crippen LogP contribution in [0.2, 0.25) is 0 Å². The zero-order valence-electron chi connectivity index (χ0n) is 13.1. The molecule has 0 saturated heterocycles. The van der Waals surface area contributed by atoms with Gasteiger partial charge in [-0.15, -0.1) is 11.3 Å². The minimum atomic E-state index is -0.518. The van der Waals surface area contributed by atoms with Crippen molar-refractivity contribution in [2.75, 3.05) is 19.7 Å². The van der Waals surface area contributed by atoms with Crippen molar-refractivity contribution in [2.24, 2.45) is 0 Å². The van der Waals surface area contributed by atoms with Gasteiger partial charge in [0.1, 0.15) is 4.70 Å². The van der Waals surface area contributed by atoms with Gasteiger partial charge in [0, 0.05) is 19.6 Å². The maximum atomic E-state index is 12.2. The van der Waals surface area contributed by atoms with E-state index >= 15 is 0 Å². The van der Waals surface area contributed by atoms with Crippen molar-refractivity contribution >= 4 is 33.6 Å². The van der Waals surface area contributed by atoms with Crippen LogP contribution in [0.1, 0.15) is 13.3 Å². The Balaban J connectivity index is 1.82. The van der Waals surface area contributed by atoms with Gasteiger partial charge in [0.15, 0.2) is 0 Å². The van der Waals surface area contributed by atoms with E-state index in [9.17, 15) is 19.2 Å². The number of fused-ring (bicyclic) bond motifs is 1. The lowest BCUT2D eigenvalue weighted by molar-refractivity contribution is -0.142. The van der Waals surface area contributed by atoms with Gasteiger partial charge in [0.25, 0.3) is 5.56 Å². The summed E-state index contributed by atoms with van der Waals surface area (Å²) in [4.78, 5) is 49.3. The van der Waals surface area contributed by atoms with E-state index in [0.29, 0.717) is 16.8 Å². The Kier molecular flexibility index (Phi) is 6.13. The molecule has 0 aliphatic heterocycles. The lowest BCUT2D eigenvalue weighted by atomic mass is 10.4. The van der Waals surface area contributed by atoms with Crippen molar-refractivity contribution in [1.82, 2.24) is 20.2 Å². The number of amides is 2. The molecule has 0 saturated carbocycles. The van der Waals surface area contributed by atoms with Gasteiger partial charge in [-0.1, -0.05) is 0 Å². The van der Waals surface area contributed by atoms with Crippen molar-refractivity contribution in [2.45, 2.75) is 19.9 Å². The van der Waals surface area contributed by atoms with Crippen LogP contribution >= 0.6 is 11.3 Å². The van der Waals surface area contributed by atoms with Gasteiger partial charge in [0.2, 0.25) is 0 Å². The highest BCUT2D eigenvalue weighted by molar-refractivity contribution is 7.17. The van der Waals surface area contributed by atoms with E-state index in [2.05, 4.69) is 15.6 Å². The lowest BCUT2D eigenvalue weighted by Crippen LogP contribution is -2.42. The molecule has 2 amide bonds. The van der Waals surface area contributed by atoms with E-state index in [1.807, 2.05) is 0 Å². The number of hydrogen-bond donors (Lipinski definition) is 3. The second kappa shape index (κ2) is 8.29. The zero-order valence-corrected chi connectivity index (χ0v) is 13.9. The van der Waals surface area contributed by atoms with Gasteiger partial charge in [-0.3, -0.25) is 14.2 Å². The molecular weight excluding hydrogens is 336 g/mol. The summed E-state index contributed by atoms with van der Waals surface area (Å²) in [5.41, 5.74) is -0.389. The van der Waals surface area contributed by atoms with Crippen molar-refractivity contribution in [1.29, 1.82) is 0 Å². The average Bonchev–Trinajstić information content (AvgIpc) is 2.99. The molecular formula is C14H18N4O5S. The largest absolute Gasteiger partial charge is 0.466 e. The summed E-state index contributed by atoms with van der Waals surface area (Å²) in [6.07, 6.45) is 0.0788. The Bertz CT molecular complexity index is 838. The standard InChI is InChI=1S/C14H18N4O5S/c1-2-23-10(19)3-5-15-13(21)16-6-7-18-12(20)11-9(4-8-24-11)17-14(18)22/h4,8H,2-3,5-7H2,1H3,(H,17,22)(H2,15,16,21). The summed E-state index contributed by atoms with van der Waals surface area (Å²) in [6.45, 7) is 2.29. The molecule has 0 bridgehead atoms. The Morgan fingerprint density at radius 3 is 2.79 bits per heavy atom. The Hall–Kier alpha value is -2.62. The van der Waals surface area contributed by atoms with E-state index in [-0.39, 0.29) is 37.6 Å². The van der Waals surface area contributed by atoms with Crippen LogP contribution < -0.4 is 21.9 Å². The topological polar surface area (TPSA) is 122 Å². The van der Waals surface area contributed by atoms with Crippen molar-refractivity contribution in [3.63, 3.8) is 0 Å². The summed E-state index contributed by atoms with van der Waals surface area (Å²) in [7, 11) is 0. The monoisotopic (exact) mass is 354 g/mol. The number of esters is 1. The fourth-order valence-corrected chi connectivity index (χ4v) is 2.83. The molecule has 130 valence electrons. The maximum Gasteiger partial charge on any atom is 0.328 e. The van der Waals surface area contributed by atoms with Gasteiger partial charge in [-0.25, -0.2) is 9.59 Å².